The van der Waals surface area contributed by atoms with Crippen molar-refractivity contribution in [2.45, 2.75) is 51.2 Å². The van der Waals surface area contributed by atoms with Crippen LogP contribution in [-0.2, 0) is 25.6 Å². The molecule has 2 fully saturated rings. The lowest BCUT2D eigenvalue weighted by molar-refractivity contribution is -0.137. The van der Waals surface area contributed by atoms with Crippen molar-refractivity contribution < 1.29 is 28.7 Å². The zero-order valence-electron chi connectivity index (χ0n) is 23.7. The number of amides is 2. The molecular weight excluding hydrogens is 554 g/mol. The normalized spacial score (nSPS) is 25.6. The molecule has 1 aliphatic carbocycles. The number of nitrogens with one attached hydrogen (secondary N) is 4. The fourth-order valence-electron chi connectivity index (χ4n) is 5.62. The van der Waals surface area contributed by atoms with E-state index >= 15 is 0 Å². The average molecular weight is 592 g/mol. The first-order valence-electron chi connectivity index (χ1n) is 13.1. The van der Waals surface area contributed by atoms with Crippen LogP contribution in [0.1, 0.15) is 36.7 Å². The highest BCUT2D eigenvalue weighted by atomic mass is 35.5. The minimum absolute atomic E-state index is 0. The van der Waals surface area contributed by atoms with Gasteiger partial charge < -0.3 is 36.5 Å². The summed E-state index contributed by atoms with van der Waals surface area (Å²) in [5.41, 5.74) is 18.3. The molecule has 8 N–H and O–H groups in total. The molecule has 4 aliphatic rings. The lowest BCUT2D eigenvalue weighted by atomic mass is 9.82. The predicted molar refractivity (Wildman–Crippen MR) is 152 cm³/mol. The van der Waals surface area contributed by atoms with Crippen LogP contribution in [-0.4, -0.2) is 79.6 Å². The number of benzene rings is 1. The molecule has 3 aliphatic heterocycles. The first kappa shape index (κ1) is 32.0. The third-order valence-corrected chi connectivity index (χ3v) is 7.58. The van der Waals surface area contributed by atoms with Crippen molar-refractivity contribution in [2.24, 2.45) is 17.4 Å². The van der Waals surface area contributed by atoms with Crippen LogP contribution >= 0.6 is 12.4 Å². The lowest BCUT2D eigenvalue weighted by Crippen LogP contribution is -2.55. The van der Waals surface area contributed by atoms with E-state index in [2.05, 4.69) is 21.5 Å². The summed E-state index contributed by atoms with van der Waals surface area (Å²) in [5.74, 6) is -1.36. The Morgan fingerprint density at radius 1 is 1.20 bits per heavy atom. The largest absolute Gasteiger partial charge is 0.449 e. The summed E-state index contributed by atoms with van der Waals surface area (Å²) in [6.07, 6.45) is -0.950. The van der Waals surface area contributed by atoms with E-state index < -0.39 is 23.5 Å². The van der Waals surface area contributed by atoms with Crippen LogP contribution in [0.15, 0.2) is 46.8 Å². The summed E-state index contributed by atoms with van der Waals surface area (Å²) in [5, 5.41) is 6.13. The van der Waals surface area contributed by atoms with Gasteiger partial charge in [-0.05, 0) is 45.5 Å². The number of halogens is 1. The molecule has 14 heteroatoms. The number of Topliss-reactive ketones (excluding diaryl/α,β-unsaturated/α-hetero) is 2. The van der Waals surface area contributed by atoms with Crippen LogP contribution in [0.4, 0.5) is 4.79 Å². The lowest BCUT2D eigenvalue weighted by Gasteiger charge is -2.39. The molecule has 0 unspecified atom stereocenters. The van der Waals surface area contributed by atoms with Gasteiger partial charge >= 0.3 is 6.09 Å². The molecule has 1 aromatic carbocycles. The van der Waals surface area contributed by atoms with E-state index in [0.717, 1.165) is 12.1 Å². The number of fused-ring (bicyclic) bond motifs is 4. The number of carbonyl (C=O) groups excluding carboxylic acids is 4. The van der Waals surface area contributed by atoms with Crippen LogP contribution in [0.5, 0.6) is 0 Å². The van der Waals surface area contributed by atoms with Gasteiger partial charge in [-0.3, -0.25) is 25.2 Å². The predicted octanol–water partition coefficient (Wildman–Crippen LogP) is -0.181. The number of hydrogen-bond acceptors (Lipinski definition) is 11. The molecule has 1 aromatic rings. The van der Waals surface area contributed by atoms with Gasteiger partial charge in [-0.15, -0.1) is 12.4 Å². The smallest absolute Gasteiger partial charge is 0.404 e. The quantitative estimate of drug-likeness (QED) is 0.133. The van der Waals surface area contributed by atoms with Gasteiger partial charge in [0.1, 0.15) is 6.61 Å². The van der Waals surface area contributed by atoms with Gasteiger partial charge in [0.05, 0.1) is 23.4 Å². The van der Waals surface area contributed by atoms with Gasteiger partial charge in [0, 0.05) is 49.0 Å². The zero-order valence-corrected chi connectivity index (χ0v) is 24.5. The second kappa shape index (κ2) is 12.6. The number of nitrogens with zero attached hydrogens (tertiary/aromatic N) is 1. The van der Waals surface area contributed by atoms with Crippen molar-refractivity contribution in [1.29, 1.82) is 0 Å². The first-order chi connectivity index (χ1) is 19.0. The summed E-state index contributed by atoms with van der Waals surface area (Å²) in [6.45, 7) is 6.55. The van der Waals surface area contributed by atoms with Crippen LogP contribution in [0.25, 0.3) is 0 Å². The Balaban J connectivity index is 0.000000240. The number of nitrogens with two attached hydrogens (primary N) is 2. The Bertz CT molecular complexity index is 1280. The molecule has 3 heterocycles. The first-order valence-corrected chi connectivity index (χ1v) is 13.1. The Hall–Kier alpha value is -3.49. The van der Waals surface area contributed by atoms with Gasteiger partial charge in [-0.1, -0.05) is 12.1 Å². The van der Waals surface area contributed by atoms with E-state index in [1.54, 1.807) is 0 Å². The minimum atomic E-state index is -0.957. The molecule has 5 rings (SSSR count). The third kappa shape index (κ3) is 5.81. The molecule has 0 radical (unpaired) electrons. The number of carbonyl (C=O) groups is 4. The summed E-state index contributed by atoms with van der Waals surface area (Å²) in [4.78, 5) is 50.1. The maximum absolute atomic E-state index is 12.8. The average Bonchev–Trinajstić information content (AvgIpc) is 3.54. The summed E-state index contributed by atoms with van der Waals surface area (Å²) >= 11 is 0. The van der Waals surface area contributed by atoms with Gasteiger partial charge in [-0.2, -0.15) is 0 Å². The van der Waals surface area contributed by atoms with Crippen molar-refractivity contribution >= 4 is 36.0 Å². The molecule has 0 bridgehead atoms. The van der Waals surface area contributed by atoms with Gasteiger partial charge in [0.25, 0.3) is 5.91 Å². The van der Waals surface area contributed by atoms with Crippen LogP contribution in [0.2, 0.25) is 0 Å². The Morgan fingerprint density at radius 3 is 2.41 bits per heavy atom. The van der Waals surface area contributed by atoms with Crippen molar-refractivity contribution in [3.05, 3.63) is 57.9 Å². The molecule has 2 saturated heterocycles. The molecule has 0 aromatic heterocycles. The molecule has 41 heavy (non-hydrogen) atoms. The van der Waals surface area contributed by atoms with Crippen molar-refractivity contribution in [3.63, 3.8) is 0 Å². The number of allylic oxidation sites excluding steroid dienone is 2. The molecule has 224 valence electrons. The third-order valence-electron chi connectivity index (χ3n) is 7.58. The van der Waals surface area contributed by atoms with E-state index in [1.165, 1.54) is 14.0 Å². The summed E-state index contributed by atoms with van der Waals surface area (Å²) in [7, 11) is 3.34. The monoisotopic (exact) mass is 591 g/mol. The molecule has 13 nitrogen and oxygen atoms in total. The number of rotatable bonds is 8. The topological polar surface area (TPSA) is 200 Å². The van der Waals surface area contributed by atoms with Gasteiger partial charge in [0.2, 0.25) is 11.6 Å². The Morgan fingerprint density at radius 2 is 1.85 bits per heavy atom. The van der Waals surface area contributed by atoms with Crippen LogP contribution in [0.3, 0.4) is 0 Å². The van der Waals surface area contributed by atoms with E-state index in [9.17, 15) is 19.2 Å². The second-order valence-corrected chi connectivity index (χ2v) is 10.4. The number of ether oxygens (including phenoxy) is 2. The minimum Gasteiger partial charge on any atom is -0.449 e. The van der Waals surface area contributed by atoms with E-state index in [0.29, 0.717) is 17.8 Å². The van der Waals surface area contributed by atoms with Crippen molar-refractivity contribution in [3.8, 4) is 0 Å². The number of hydrazine groups is 1. The highest BCUT2D eigenvalue weighted by Gasteiger charge is 2.72. The number of methoxy groups -OCH3 is 1. The zero-order chi connectivity index (χ0) is 29.4. The van der Waals surface area contributed by atoms with E-state index in [1.807, 2.05) is 50.1 Å². The number of hydrogen-bond donors (Lipinski definition) is 6. The van der Waals surface area contributed by atoms with E-state index in [4.69, 9.17) is 20.9 Å². The van der Waals surface area contributed by atoms with Gasteiger partial charge in [0.15, 0.2) is 5.72 Å². The van der Waals surface area contributed by atoms with Crippen molar-refractivity contribution in [2.75, 3.05) is 27.3 Å². The molecule has 0 spiro atoms. The fourth-order valence-corrected chi connectivity index (χ4v) is 5.62. The fraction of sp³-hybridized carbons (Fsp3) is 0.481. The molecule has 0 saturated carbocycles. The molecule has 2 amide bonds. The Labute approximate surface area is 244 Å². The SMILES string of the molecule is CNNCc1ccc(C(=O)NC(C)C)cc1.CO[C@@]12[C@H](COC(N)=O)C3=C(C(=O)C(C)=C(N)C3=O)N1C[C@@H]1N[C@@H]12.Cl. The summed E-state index contributed by atoms with van der Waals surface area (Å²) in [6, 6.07) is 7.84. The number of piperazine rings is 1. The maximum Gasteiger partial charge on any atom is 0.404 e. The van der Waals surface area contributed by atoms with E-state index in [-0.39, 0.29) is 65.7 Å². The second-order valence-electron chi connectivity index (χ2n) is 10.4. The highest BCUT2D eigenvalue weighted by Crippen LogP contribution is 2.55. The Kier molecular flexibility index (Phi) is 9.82. The maximum atomic E-state index is 12.8. The highest BCUT2D eigenvalue weighted by molar-refractivity contribution is 6.25. The van der Waals surface area contributed by atoms with Crippen LogP contribution in [0, 0.1) is 5.92 Å². The van der Waals surface area contributed by atoms with Crippen molar-refractivity contribution in [1.82, 2.24) is 26.4 Å². The summed E-state index contributed by atoms with van der Waals surface area (Å²) < 4.78 is 10.8. The molecular formula is C27H38ClN7O6. The standard InChI is InChI=1S/C15H18N4O5.C12H19N3O.ClH/c1-5-9(16)12(21)8-6(4-24-14(17)22)15(23-2)13-7(18-13)3-19(15)10(8)11(5)20;1-9(2)15-12(16)11-6-4-10(5-7-11)8-14-13-3;/h6-7,13,18H,3-4,16H2,1-2H3,(H2,17,22);4-7,9,13-14H,8H2,1-3H3,(H,15,16);1H/t6-,7+,13+,15-;;/m1../s1. The van der Waals surface area contributed by atoms with Crippen LogP contribution < -0.4 is 33.0 Å². The molecule has 4 atom stereocenters. The number of ketones is 2. The van der Waals surface area contributed by atoms with Gasteiger partial charge in [-0.25, -0.2) is 4.79 Å². The number of primary amides is 1.